The Morgan fingerprint density at radius 2 is 2.00 bits per heavy atom. The van der Waals surface area contributed by atoms with E-state index >= 15 is 0 Å². The van der Waals surface area contributed by atoms with Gasteiger partial charge in [-0.1, -0.05) is 17.8 Å². The van der Waals surface area contributed by atoms with Gasteiger partial charge in [0.15, 0.2) is 0 Å². The van der Waals surface area contributed by atoms with E-state index in [0.29, 0.717) is 0 Å². The summed E-state index contributed by atoms with van der Waals surface area (Å²) in [5, 5.41) is 10.1. The SMILES string of the molecule is Cl.Cl.O=Cn1nc2c3c(cccc31)SC(N1CCNCC1)=C2. The van der Waals surface area contributed by atoms with E-state index in [1.54, 1.807) is 11.8 Å². The number of thioether (sulfide) groups is 1. The maximum atomic E-state index is 11.1. The summed E-state index contributed by atoms with van der Waals surface area (Å²) in [7, 11) is 0. The Morgan fingerprint density at radius 3 is 2.73 bits per heavy atom. The molecule has 1 saturated heterocycles. The minimum Gasteiger partial charge on any atom is -0.363 e. The highest BCUT2D eigenvalue weighted by Crippen LogP contribution is 2.41. The van der Waals surface area contributed by atoms with Gasteiger partial charge in [-0.15, -0.1) is 24.8 Å². The fraction of sp³-hybridized carbons (Fsp3) is 0.286. The summed E-state index contributed by atoms with van der Waals surface area (Å²) >= 11 is 1.77. The van der Waals surface area contributed by atoms with Gasteiger partial charge in [0.1, 0.15) is 0 Å². The van der Waals surface area contributed by atoms with Crippen LogP contribution in [-0.4, -0.2) is 47.3 Å². The molecule has 0 bridgehead atoms. The van der Waals surface area contributed by atoms with Crippen LogP contribution in [0.4, 0.5) is 0 Å². The zero-order chi connectivity index (χ0) is 13.5. The molecule has 8 heteroatoms. The van der Waals surface area contributed by atoms with Crippen LogP contribution in [0.2, 0.25) is 0 Å². The lowest BCUT2D eigenvalue weighted by Crippen LogP contribution is -2.42. The average molecular weight is 359 g/mol. The van der Waals surface area contributed by atoms with Crippen LogP contribution in [0.3, 0.4) is 0 Å². The van der Waals surface area contributed by atoms with Crippen LogP contribution in [0.5, 0.6) is 0 Å². The normalized spacial score (nSPS) is 16.5. The number of carbonyl (C=O) groups excluding carboxylic acids is 1. The third kappa shape index (κ3) is 2.72. The minimum absolute atomic E-state index is 0. The summed E-state index contributed by atoms with van der Waals surface area (Å²) in [4.78, 5) is 14.7. The van der Waals surface area contributed by atoms with Crippen molar-refractivity contribution in [1.82, 2.24) is 20.0 Å². The molecule has 0 saturated carbocycles. The van der Waals surface area contributed by atoms with Crippen molar-refractivity contribution in [3.05, 3.63) is 28.9 Å². The second-order valence-corrected chi connectivity index (χ2v) is 5.97. The smallest absolute Gasteiger partial charge is 0.234 e. The summed E-state index contributed by atoms with van der Waals surface area (Å²) in [6.45, 7) is 4.05. The Bertz CT molecular complexity index is 725. The number of nitrogens with one attached hydrogen (secondary N) is 1. The first kappa shape index (κ1) is 17.1. The Balaban J connectivity index is 0.000000882. The van der Waals surface area contributed by atoms with E-state index < -0.39 is 0 Å². The molecule has 0 atom stereocenters. The summed E-state index contributed by atoms with van der Waals surface area (Å²) in [5.41, 5.74) is 1.78. The molecule has 2 aromatic rings. The van der Waals surface area contributed by atoms with Crippen molar-refractivity contribution in [2.24, 2.45) is 0 Å². The highest BCUT2D eigenvalue weighted by Gasteiger charge is 2.23. The van der Waals surface area contributed by atoms with Gasteiger partial charge in [0, 0.05) is 36.5 Å². The number of nitrogens with zero attached hydrogens (tertiary/aromatic N) is 3. The molecule has 0 unspecified atom stereocenters. The fourth-order valence-electron chi connectivity index (χ4n) is 2.75. The molecule has 2 aliphatic rings. The van der Waals surface area contributed by atoms with Gasteiger partial charge in [-0.3, -0.25) is 4.79 Å². The summed E-state index contributed by atoms with van der Waals surface area (Å²) < 4.78 is 1.42. The molecular weight excluding hydrogens is 343 g/mol. The zero-order valence-electron chi connectivity index (χ0n) is 11.7. The molecule has 1 fully saturated rings. The number of piperazine rings is 1. The van der Waals surface area contributed by atoms with Gasteiger partial charge in [-0.2, -0.15) is 5.10 Å². The maximum absolute atomic E-state index is 11.1. The summed E-state index contributed by atoms with van der Waals surface area (Å²) in [6, 6.07) is 6.02. The first-order valence-corrected chi connectivity index (χ1v) is 7.50. The van der Waals surface area contributed by atoms with Crippen LogP contribution in [0, 0.1) is 0 Å². The van der Waals surface area contributed by atoms with Crippen LogP contribution >= 0.6 is 36.6 Å². The molecule has 1 N–H and O–H groups in total. The molecule has 0 spiro atoms. The number of rotatable bonds is 2. The van der Waals surface area contributed by atoms with Crippen molar-refractivity contribution in [2.45, 2.75) is 4.90 Å². The molecule has 2 aliphatic heterocycles. The molecule has 5 nitrogen and oxygen atoms in total. The molecule has 1 aromatic carbocycles. The number of hydrogen-bond donors (Lipinski definition) is 1. The Morgan fingerprint density at radius 1 is 1.23 bits per heavy atom. The van der Waals surface area contributed by atoms with Crippen LogP contribution in [0.25, 0.3) is 17.0 Å². The molecule has 0 amide bonds. The van der Waals surface area contributed by atoms with Gasteiger partial charge in [-0.05, 0) is 18.2 Å². The van der Waals surface area contributed by atoms with Crippen molar-refractivity contribution in [3.63, 3.8) is 0 Å². The lowest BCUT2D eigenvalue weighted by molar-refractivity contribution is 0.319. The van der Waals surface area contributed by atoms with E-state index in [9.17, 15) is 4.79 Å². The molecule has 22 heavy (non-hydrogen) atoms. The van der Waals surface area contributed by atoms with Crippen molar-refractivity contribution in [3.8, 4) is 0 Å². The number of benzene rings is 1. The number of aromatic nitrogens is 2. The number of carbonyl (C=O) groups is 1. The Labute approximate surface area is 144 Å². The van der Waals surface area contributed by atoms with E-state index in [1.165, 1.54) is 14.6 Å². The maximum Gasteiger partial charge on any atom is 0.234 e. The van der Waals surface area contributed by atoms with Crippen molar-refractivity contribution >= 4 is 60.0 Å². The molecular formula is C14H16Cl2N4OS. The molecule has 3 heterocycles. The van der Waals surface area contributed by atoms with Gasteiger partial charge in [0.2, 0.25) is 6.41 Å². The van der Waals surface area contributed by atoms with E-state index in [-0.39, 0.29) is 24.8 Å². The second-order valence-electron chi connectivity index (χ2n) is 4.91. The Kier molecular flexibility index (Phi) is 5.39. The summed E-state index contributed by atoms with van der Waals surface area (Å²) in [6.07, 6.45) is 2.87. The lowest BCUT2D eigenvalue weighted by atomic mass is 10.2. The van der Waals surface area contributed by atoms with Gasteiger partial charge in [-0.25, -0.2) is 4.68 Å². The Hall–Kier alpha value is -1.21. The van der Waals surface area contributed by atoms with Crippen molar-refractivity contribution in [1.29, 1.82) is 0 Å². The highest BCUT2D eigenvalue weighted by atomic mass is 35.5. The predicted octanol–water partition coefficient (Wildman–Crippen LogP) is 2.23. The van der Waals surface area contributed by atoms with Gasteiger partial charge in [0.05, 0.1) is 16.2 Å². The van der Waals surface area contributed by atoms with E-state index in [1.807, 2.05) is 12.1 Å². The third-order valence-corrected chi connectivity index (χ3v) is 4.87. The number of halogens is 2. The molecule has 0 aliphatic carbocycles. The molecule has 118 valence electrons. The quantitative estimate of drug-likeness (QED) is 0.834. The largest absolute Gasteiger partial charge is 0.363 e. The van der Waals surface area contributed by atoms with Crippen LogP contribution in [0.15, 0.2) is 28.1 Å². The van der Waals surface area contributed by atoms with E-state index in [2.05, 4.69) is 27.5 Å². The monoisotopic (exact) mass is 358 g/mol. The summed E-state index contributed by atoms with van der Waals surface area (Å²) in [5.74, 6) is 0. The topological polar surface area (TPSA) is 50.2 Å². The second kappa shape index (κ2) is 6.91. The lowest BCUT2D eigenvalue weighted by Gasteiger charge is -2.32. The minimum atomic E-state index is 0. The zero-order valence-corrected chi connectivity index (χ0v) is 14.1. The van der Waals surface area contributed by atoms with Crippen LogP contribution < -0.4 is 5.32 Å². The molecule has 1 aromatic heterocycles. The number of hydrogen-bond acceptors (Lipinski definition) is 5. The van der Waals surface area contributed by atoms with Gasteiger partial charge in [0.25, 0.3) is 0 Å². The third-order valence-electron chi connectivity index (χ3n) is 3.73. The van der Waals surface area contributed by atoms with Gasteiger partial charge >= 0.3 is 0 Å². The van der Waals surface area contributed by atoms with E-state index in [4.69, 9.17) is 0 Å². The fourth-order valence-corrected chi connectivity index (χ4v) is 3.92. The van der Waals surface area contributed by atoms with Crippen LogP contribution in [-0.2, 0) is 4.79 Å². The van der Waals surface area contributed by atoms with Gasteiger partial charge < -0.3 is 10.2 Å². The standard InChI is InChI=1S/C14H14N4OS.2ClH/c19-9-18-11-2-1-3-12-14(11)10(16-18)8-13(20-12)17-6-4-15-5-7-17;;/h1-3,8-9,15H,4-7H2;2*1H. The average Bonchev–Trinajstić information content (AvgIpc) is 2.88. The molecule has 0 radical (unpaired) electrons. The highest BCUT2D eigenvalue weighted by molar-refractivity contribution is 8.03. The molecule has 4 rings (SSSR count). The van der Waals surface area contributed by atoms with Crippen molar-refractivity contribution < 1.29 is 4.79 Å². The van der Waals surface area contributed by atoms with E-state index in [0.717, 1.165) is 49.2 Å². The first-order chi connectivity index (χ1) is 9.86. The first-order valence-electron chi connectivity index (χ1n) is 6.68. The van der Waals surface area contributed by atoms with Crippen LogP contribution in [0.1, 0.15) is 5.69 Å². The predicted molar refractivity (Wildman–Crippen MR) is 94.7 cm³/mol. The van der Waals surface area contributed by atoms with Crippen molar-refractivity contribution in [2.75, 3.05) is 26.2 Å².